The van der Waals surface area contributed by atoms with E-state index in [1.807, 2.05) is 0 Å². The zero-order valence-corrected chi connectivity index (χ0v) is 12.9. The van der Waals surface area contributed by atoms with E-state index in [1.54, 1.807) is 24.3 Å². The van der Waals surface area contributed by atoms with Gasteiger partial charge in [-0.05, 0) is 46.3 Å². The number of hydrogen-bond acceptors (Lipinski definition) is 3. The summed E-state index contributed by atoms with van der Waals surface area (Å²) in [6.45, 7) is 0. The minimum Gasteiger partial charge on any atom is -0.506 e. The van der Waals surface area contributed by atoms with Crippen molar-refractivity contribution in [3.8, 4) is 5.75 Å². The Morgan fingerprint density at radius 2 is 1.71 bits per heavy atom. The van der Waals surface area contributed by atoms with Crippen LogP contribution in [0.5, 0.6) is 5.75 Å². The summed E-state index contributed by atoms with van der Waals surface area (Å²) in [6, 6.07) is 10.8. The van der Waals surface area contributed by atoms with E-state index in [9.17, 15) is 14.7 Å². The predicted molar refractivity (Wildman–Crippen MR) is 82.2 cm³/mol. The molecule has 108 valence electrons. The fraction of sp³-hybridized carbons (Fsp3) is 0. The van der Waals surface area contributed by atoms with Crippen molar-refractivity contribution >= 4 is 39.3 Å². The lowest BCUT2D eigenvalue weighted by molar-refractivity contribution is 0.0846. The molecule has 3 N–H and O–H groups in total. The lowest BCUT2D eigenvalue weighted by atomic mass is 10.2. The molecule has 0 aliphatic rings. The molecule has 2 rings (SSSR count). The maximum atomic E-state index is 11.9. The number of benzene rings is 2. The number of carbonyl (C=O) groups is 2. The third-order valence-electron chi connectivity index (χ3n) is 2.62. The molecule has 2 aromatic carbocycles. The van der Waals surface area contributed by atoms with Crippen molar-refractivity contribution in [2.45, 2.75) is 0 Å². The quantitative estimate of drug-likeness (QED) is 0.712. The SMILES string of the molecule is O=C(NNC(=O)c1ccccc1Br)c1ccc(O)c(Cl)c1. The number of phenolic OH excluding ortho intramolecular Hbond substituents is 1. The summed E-state index contributed by atoms with van der Waals surface area (Å²) in [7, 11) is 0. The van der Waals surface area contributed by atoms with E-state index in [0.29, 0.717) is 10.0 Å². The van der Waals surface area contributed by atoms with Gasteiger partial charge in [0, 0.05) is 10.0 Å². The molecule has 21 heavy (non-hydrogen) atoms. The van der Waals surface area contributed by atoms with Crippen LogP contribution in [0.1, 0.15) is 20.7 Å². The van der Waals surface area contributed by atoms with Crippen molar-refractivity contribution in [1.82, 2.24) is 10.9 Å². The maximum absolute atomic E-state index is 11.9. The minimum absolute atomic E-state index is 0.0554. The van der Waals surface area contributed by atoms with Gasteiger partial charge in [0.25, 0.3) is 11.8 Å². The third-order valence-corrected chi connectivity index (χ3v) is 3.61. The lowest BCUT2D eigenvalue weighted by Gasteiger charge is -2.09. The van der Waals surface area contributed by atoms with Crippen molar-refractivity contribution in [1.29, 1.82) is 0 Å². The fourth-order valence-corrected chi connectivity index (χ4v) is 2.19. The Kier molecular flexibility index (Phi) is 4.82. The second-order valence-corrected chi connectivity index (χ2v) is 5.32. The van der Waals surface area contributed by atoms with E-state index < -0.39 is 11.8 Å². The fourth-order valence-electron chi connectivity index (χ4n) is 1.55. The molecule has 0 saturated carbocycles. The van der Waals surface area contributed by atoms with Crippen LogP contribution in [-0.2, 0) is 0 Å². The molecule has 0 bridgehead atoms. The molecule has 0 saturated heterocycles. The smallest absolute Gasteiger partial charge is 0.270 e. The van der Waals surface area contributed by atoms with Crippen LogP contribution in [0.3, 0.4) is 0 Å². The number of hydrazine groups is 1. The maximum Gasteiger partial charge on any atom is 0.270 e. The number of carbonyl (C=O) groups excluding carboxylic acids is 2. The van der Waals surface area contributed by atoms with Gasteiger partial charge in [-0.15, -0.1) is 0 Å². The van der Waals surface area contributed by atoms with Gasteiger partial charge in [-0.1, -0.05) is 23.7 Å². The molecule has 0 unspecified atom stereocenters. The van der Waals surface area contributed by atoms with Crippen molar-refractivity contribution in [3.63, 3.8) is 0 Å². The van der Waals surface area contributed by atoms with E-state index >= 15 is 0 Å². The molecule has 0 aromatic heterocycles. The summed E-state index contributed by atoms with van der Waals surface area (Å²) < 4.78 is 0.615. The monoisotopic (exact) mass is 368 g/mol. The zero-order chi connectivity index (χ0) is 15.4. The van der Waals surface area contributed by atoms with E-state index in [2.05, 4.69) is 26.8 Å². The second-order valence-electron chi connectivity index (χ2n) is 4.05. The number of rotatable bonds is 2. The van der Waals surface area contributed by atoms with Gasteiger partial charge in [0.05, 0.1) is 10.6 Å². The van der Waals surface area contributed by atoms with Crippen LogP contribution in [0.4, 0.5) is 0 Å². The number of amides is 2. The summed E-state index contributed by atoms with van der Waals surface area (Å²) >= 11 is 8.96. The molecule has 0 heterocycles. The molecule has 0 spiro atoms. The number of phenols is 1. The first-order valence-corrected chi connectivity index (χ1v) is 7.00. The topological polar surface area (TPSA) is 78.4 Å². The van der Waals surface area contributed by atoms with Crippen LogP contribution < -0.4 is 10.9 Å². The Balaban J connectivity index is 2.02. The molecule has 5 nitrogen and oxygen atoms in total. The highest BCUT2D eigenvalue weighted by Crippen LogP contribution is 2.23. The normalized spacial score (nSPS) is 10.0. The number of nitrogens with one attached hydrogen (secondary N) is 2. The molecule has 0 aliphatic carbocycles. The first-order valence-electron chi connectivity index (χ1n) is 5.83. The van der Waals surface area contributed by atoms with Gasteiger partial charge in [0.15, 0.2) is 0 Å². The summed E-state index contributed by atoms with van der Waals surface area (Å²) in [6.07, 6.45) is 0. The lowest BCUT2D eigenvalue weighted by Crippen LogP contribution is -2.41. The van der Waals surface area contributed by atoms with Gasteiger partial charge in [0.1, 0.15) is 5.75 Å². The van der Waals surface area contributed by atoms with Crippen LogP contribution >= 0.6 is 27.5 Å². The average Bonchev–Trinajstić information content (AvgIpc) is 2.47. The van der Waals surface area contributed by atoms with E-state index in [4.69, 9.17) is 11.6 Å². The first-order chi connectivity index (χ1) is 9.99. The molecule has 0 atom stereocenters. The molecule has 0 radical (unpaired) electrons. The highest BCUT2D eigenvalue weighted by Gasteiger charge is 2.12. The third kappa shape index (κ3) is 3.74. The minimum atomic E-state index is -0.544. The van der Waals surface area contributed by atoms with Gasteiger partial charge in [-0.3, -0.25) is 20.4 Å². The second kappa shape index (κ2) is 6.60. The molecule has 7 heteroatoms. The van der Waals surface area contributed by atoms with E-state index in [0.717, 1.165) is 0 Å². The van der Waals surface area contributed by atoms with Gasteiger partial charge in [-0.25, -0.2) is 0 Å². The van der Waals surface area contributed by atoms with Crippen molar-refractivity contribution < 1.29 is 14.7 Å². The van der Waals surface area contributed by atoms with E-state index in [1.165, 1.54) is 18.2 Å². The molecule has 0 aliphatic heterocycles. The Hall–Kier alpha value is -2.05. The molecular weight excluding hydrogens is 360 g/mol. The Labute approximate surface area is 134 Å². The Morgan fingerprint density at radius 3 is 2.38 bits per heavy atom. The molecule has 2 aromatic rings. The molecule has 0 fully saturated rings. The average molecular weight is 370 g/mol. The Bertz CT molecular complexity index is 706. The van der Waals surface area contributed by atoms with Crippen LogP contribution in [-0.4, -0.2) is 16.9 Å². The summed E-state index contributed by atoms with van der Waals surface area (Å²) in [5, 5.41) is 9.34. The molecule has 2 amide bonds. The van der Waals surface area contributed by atoms with Gasteiger partial charge in [-0.2, -0.15) is 0 Å². The van der Waals surface area contributed by atoms with E-state index in [-0.39, 0.29) is 16.3 Å². The molecular formula is C14H10BrClN2O3. The number of hydrogen-bond donors (Lipinski definition) is 3. The Morgan fingerprint density at radius 1 is 1.05 bits per heavy atom. The van der Waals surface area contributed by atoms with Gasteiger partial charge in [0.2, 0.25) is 0 Å². The standard InChI is InChI=1S/C14H10BrClN2O3/c15-10-4-2-1-3-9(10)14(21)18-17-13(20)8-5-6-12(19)11(16)7-8/h1-7,19H,(H,17,20)(H,18,21). The van der Waals surface area contributed by atoms with Crippen molar-refractivity contribution in [3.05, 3.63) is 63.1 Å². The predicted octanol–water partition coefficient (Wildman–Crippen LogP) is 2.88. The largest absolute Gasteiger partial charge is 0.506 e. The first kappa shape index (κ1) is 15.3. The van der Waals surface area contributed by atoms with Crippen molar-refractivity contribution in [2.75, 3.05) is 0 Å². The van der Waals surface area contributed by atoms with Crippen LogP contribution in [0.25, 0.3) is 0 Å². The van der Waals surface area contributed by atoms with Gasteiger partial charge >= 0.3 is 0 Å². The highest BCUT2D eigenvalue weighted by molar-refractivity contribution is 9.10. The number of halogens is 2. The van der Waals surface area contributed by atoms with Gasteiger partial charge < -0.3 is 5.11 Å². The number of aromatic hydroxyl groups is 1. The highest BCUT2D eigenvalue weighted by atomic mass is 79.9. The van der Waals surface area contributed by atoms with Crippen LogP contribution in [0.15, 0.2) is 46.9 Å². The zero-order valence-electron chi connectivity index (χ0n) is 10.6. The summed E-state index contributed by atoms with van der Waals surface area (Å²) in [5.74, 6) is -1.12. The van der Waals surface area contributed by atoms with Crippen molar-refractivity contribution in [2.24, 2.45) is 0 Å². The van der Waals surface area contributed by atoms with Crippen LogP contribution in [0.2, 0.25) is 5.02 Å². The summed E-state index contributed by atoms with van der Waals surface area (Å²) in [4.78, 5) is 23.8. The van der Waals surface area contributed by atoms with Crippen LogP contribution in [0, 0.1) is 0 Å². The summed E-state index contributed by atoms with van der Waals surface area (Å²) in [5.41, 5.74) is 5.17.